The van der Waals surface area contributed by atoms with Crippen LogP contribution in [0.2, 0.25) is 0 Å². The summed E-state index contributed by atoms with van der Waals surface area (Å²) in [6.45, 7) is 0. The number of hydrogen-bond donors (Lipinski definition) is 1. The highest BCUT2D eigenvalue weighted by Gasteiger charge is 2.00. The van der Waals surface area contributed by atoms with Crippen molar-refractivity contribution in [3.8, 4) is 0 Å². The molecule has 0 atom stereocenters. The van der Waals surface area contributed by atoms with Crippen molar-refractivity contribution in [3.63, 3.8) is 0 Å². The van der Waals surface area contributed by atoms with Crippen molar-refractivity contribution < 1.29 is 4.39 Å². The fourth-order valence-corrected chi connectivity index (χ4v) is 2.22. The SMILES string of the molecule is Fc1cc(Nc2ccc3cc(Br)ccc3c2)ncn1. The third-order valence-corrected chi connectivity index (χ3v) is 3.20. The van der Waals surface area contributed by atoms with Gasteiger partial charge in [0.15, 0.2) is 0 Å². The van der Waals surface area contributed by atoms with Crippen LogP contribution >= 0.6 is 15.9 Å². The van der Waals surface area contributed by atoms with E-state index in [1.54, 1.807) is 0 Å². The van der Waals surface area contributed by atoms with Crippen LogP contribution in [0.15, 0.2) is 53.3 Å². The average Bonchev–Trinajstić information content (AvgIpc) is 2.39. The Balaban J connectivity index is 1.95. The first-order valence-electron chi connectivity index (χ1n) is 5.64. The predicted molar refractivity (Wildman–Crippen MR) is 76.9 cm³/mol. The van der Waals surface area contributed by atoms with Gasteiger partial charge in [-0.2, -0.15) is 4.39 Å². The fourth-order valence-electron chi connectivity index (χ4n) is 1.84. The van der Waals surface area contributed by atoms with Crippen molar-refractivity contribution in [2.24, 2.45) is 0 Å². The fraction of sp³-hybridized carbons (Fsp3) is 0. The zero-order valence-corrected chi connectivity index (χ0v) is 11.4. The van der Waals surface area contributed by atoms with Gasteiger partial charge in [-0.3, -0.25) is 0 Å². The second-order valence-corrected chi connectivity index (χ2v) is 4.97. The molecular formula is C14H9BrFN3. The van der Waals surface area contributed by atoms with Gasteiger partial charge in [-0.05, 0) is 35.0 Å². The third-order valence-electron chi connectivity index (χ3n) is 2.71. The van der Waals surface area contributed by atoms with Crippen LogP contribution in [0.4, 0.5) is 15.9 Å². The highest BCUT2D eigenvalue weighted by Crippen LogP contribution is 2.24. The van der Waals surface area contributed by atoms with E-state index in [1.165, 1.54) is 12.4 Å². The topological polar surface area (TPSA) is 37.8 Å². The minimum atomic E-state index is -0.554. The molecule has 94 valence electrons. The van der Waals surface area contributed by atoms with Crippen LogP contribution in [0.3, 0.4) is 0 Å². The lowest BCUT2D eigenvalue weighted by Gasteiger charge is -2.07. The first kappa shape index (κ1) is 12.0. The lowest BCUT2D eigenvalue weighted by atomic mass is 10.1. The van der Waals surface area contributed by atoms with Gasteiger partial charge in [0.1, 0.15) is 12.1 Å². The number of nitrogens with zero attached hydrogens (tertiary/aromatic N) is 2. The highest BCUT2D eigenvalue weighted by atomic mass is 79.9. The normalized spacial score (nSPS) is 10.6. The van der Waals surface area contributed by atoms with Crippen molar-refractivity contribution >= 4 is 38.2 Å². The molecule has 2 aromatic carbocycles. The molecule has 0 saturated carbocycles. The Morgan fingerprint density at radius 1 is 0.947 bits per heavy atom. The smallest absolute Gasteiger partial charge is 0.218 e. The van der Waals surface area contributed by atoms with Gasteiger partial charge >= 0.3 is 0 Å². The van der Waals surface area contributed by atoms with Gasteiger partial charge < -0.3 is 5.32 Å². The van der Waals surface area contributed by atoms with Gasteiger partial charge in [0, 0.05) is 16.2 Å². The number of fused-ring (bicyclic) bond motifs is 1. The van der Waals surface area contributed by atoms with Crippen molar-refractivity contribution in [1.82, 2.24) is 9.97 Å². The summed E-state index contributed by atoms with van der Waals surface area (Å²) in [5.74, 6) is -0.119. The van der Waals surface area contributed by atoms with Crippen molar-refractivity contribution in [1.29, 1.82) is 0 Å². The van der Waals surface area contributed by atoms with Crippen LogP contribution in [-0.2, 0) is 0 Å². The maximum Gasteiger partial charge on any atom is 0.218 e. The Morgan fingerprint density at radius 3 is 2.58 bits per heavy atom. The van der Waals surface area contributed by atoms with E-state index < -0.39 is 5.95 Å². The Kier molecular flexibility index (Phi) is 3.13. The summed E-state index contributed by atoms with van der Waals surface area (Å²) in [7, 11) is 0. The van der Waals surface area contributed by atoms with Crippen molar-refractivity contribution in [3.05, 3.63) is 59.2 Å². The molecule has 0 fully saturated rings. The lowest BCUT2D eigenvalue weighted by molar-refractivity contribution is 0.580. The molecular weight excluding hydrogens is 309 g/mol. The number of halogens is 2. The number of rotatable bonds is 2. The van der Waals surface area contributed by atoms with Crippen LogP contribution in [-0.4, -0.2) is 9.97 Å². The van der Waals surface area contributed by atoms with E-state index in [-0.39, 0.29) is 0 Å². The van der Waals surface area contributed by atoms with Gasteiger partial charge in [0.25, 0.3) is 0 Å². The minimum absolute atomic E-state index is 0.434. The van der Waals surface area contributed by atoms with E-state index in [0.29, 0.717) is 5.82 Å². The van der Waals surface area contributed by atoms with Gasteiger partial charge in [-0.1, -0.05) is 28.1 Å². The molecule has 1 N–H and O–H groups in total. The summed E-state index contributed by atoms with van der Waals surface area (Å²) in [6, 6.07) is 13.2. The molecule has 3 aromatic rings. The summed E-state index contributed by atoms with van der Waals surface area (Å²) in [5.41, 5.74) is 0.855. The highest BCUT2D eigenvalue weighted by molar-refractivity contribution is 9.10. The molecule has 0 bridgehead atoms. The number of anilines is 2. The Morgan fingerprint density at radius 2 is 1.74 bits per heavy atom. The van der Waals surface area contributed by atoms with Crippen molar-refractivity contribution in [2.45, 2.75) is 0 Å². The standard InChI is InChI=1S/C14H9BrFN3/c15-11-3-1-10-6-12(4-2-9(10)5-11)19-14-7-13(16)17-8-18-14/h1-8H,(H,17,18,19). The number of benzene rings is 2. The monoisotopic (exact) mass is 317 g/mol. The second-order valence-electron chi connectivity index (χ2n) is 4.06. The molecule has 0 unspecified atom stereocenters. The molecule has 3 rings (SSSR count). The molecule has 1 heterocycles. The molecule has 0 spiro atoms. The largest absolute Gasteiger partial charge is 0.340 e. The van der Waals surface area contributed by atoms with Gasteiger partial charge in [0.2, 0.25) is 5.95 Å². The Labute approximate surface area is 117 Å². The first-order chi connectivity index (χ1) is 9.20. The van der Waals surface area contributed by atoms with Crippen LogP contribution in [0.1, 0.15) is 0 Å². The molecule has 0 aliphatic rings. The van der Waals surface area contributed by atoms with Gasteiger partial charge in [0.05, 0.1) is 0 Å². The molecule has 5 heteroatoms. The number of aromatic nitrogens is 2. The predicted octanol–water partition coefficient (Wildman–Crippen LogP) is 4.28. The van der Waals surface area contributed by atoms with E-state index in [2.05, 4.69) is 31.2 Å². The van der Waals surface area contributed by atoms with Gasteiger partial charge in [-0.15, -0.1) is 0 Å². The number of nitrogens with one attached hydrogen (secondary N) is 1. The summed E-state index contributed by atoms with van der Waals surface area (Å²) in [6.07, 6.45) is 1.19. The number of hydrogen-bond acceptors (Lipinski definition) is 3. The maximum absolute atomic E-state index is 13.0. The minimum Gasteiger partial charge on any atom is -0.340 e. The zero-order valence-electron chi connectivity index (χ0n) is 9.77. The molecule has 3 nitrogen and oxygen atoms in total. The molecule has 0 aliphatic carbocycles. The zero-order chi connectivity index (χ0) is 13.2. The van der Waals surface area contributed by atoms with Crippen LogP contribution in [0.25, 0.3) is 10.8 Å². The maximum atomic E-state index is 13.0. The molecule has 0 aliphatic heterocycles. The summed E-state index contributed by atoms with van der Waals surface area (Å²) in [4.78, 5) is 7.38. The summed E-state index contributed by atoms with van der Waals surface area (Å²) >= 11 is 3.44. The molecule has 0 amide bonds. The van der Waals surface area contributed by atoms with Crippen LogP contribution in [0, 0.1) is 5.95 Å². The van der Waals surface area contributed by atoms with Crippen LogP contribution < -0.4 is 5.32 Å². The Bertz CT molecular complexity index is 746. The van der Waals surface area contributed by atoms with Crippen molar-refractivity contribution in [2.75, 3.05) is 5.32 Å². The van der Waals surface area contributed by atoms with E-state index in [4.69, 9.17) is 0 Å². The molecule has 1 aromatic heterocycles. The quantitative estimate of drug-likeness (QED) is 0.717. The third kappa shape index (κ3) is 2.71. The first-order valence-corrected chi connectivity index (χ1v) is 6.44. The summed E-state index contributed by atoms with van der Waals surface area (Å²) in [5, 5.41) is 5.28. The van der Waals surface area contributed by atoms with E-state index in [9.17, 15) is 4.39 Å². The van der Waals surface area contributed by atoms with Gasteiger partial charge in [-0.25, -0.2) is 9.97 Å². The molecule has 19 heavy (non-hydrogen) atoms. The molecule has 0 saturated heterocycles. The van der Waals surface area contributed by atoms with E-state index in [1.807, 2.05) is 36.4 Å². The summed E-state index contributed by atoms with van der Waals surface area (Å²) < 4.78 is 14.0. The second kappa shape index (κ2) is 4.93. The van der Waals surface area contributed by atoms with E-state index >= 15 is 0 Å². The van der Waals surface area contributed by atoms with E-state index in [0.717, 1.165) is 20.9 Å². The lowest BCUT2D eigenvalue weighted by Crippen LogP contribution is -1.95. The average molecular weight is 318 g/mol. The molecule has 0 radical (unpaired) electrons. The Hall–Kier alpha value is -2.01. The van der Waals surface area contributed by atoms with Crippen LogP contribution in [0.5, 0.6) is 0 Å².